The molecule has 1 saturated heterocycles. The fourth-order valence-electron chi connectivity index (χ4n) is 5.49. The van der Waals surface area contributed by atoms with Gasteiger partial charge in [-0.15, -0.1) is 21.5 Å². The predicted molar refractivity (Wildman–Crippen MR) is 136 cm³/mol. The van der Waals surface area contributed by atoms with E-state index in [1.165, 1.54) is 28.6 Å². The Morgan fingerprint density at radius 3 is 2.79 bits per heavy atom. The topological polar surface area (TPSA) is 67.4 Å². The lowest BCUT2D eigenvalue weighted by Crippen LogP contribution is -2.40. The number of nitrogens with zero attached hydrogens (tertiary/aromatic N) is 5. The van der Waals surface area contributed by atoms with E-state index >= 15 is 0 Å². The van der Waals surface area contributed by atoms with Crippen molar-refractivity contribution in [3.8, 4) is 0 Å². The van der Waals surface area contributed by atoms with Crippen molar-refractivity contribution in [2.24, 2.45) is 11.8 Å². The number of carbonyl (C=O) groups excluding carboxylic acids is 1. The van der Waals surface area contributed by atoms with Crippen LogP contribution < -0.4 is 4.90 Å². The molecule has 7 nitrogen and oxygen atoms in total. The largest absolute Gasteiger partial charge is 0.467 e. The van der Waals surface area contributed by atoms with E-state index in [-0.39, 0.29) is 11.9 Å². The Morgan fingerprint density at radius 1 is 1.24 bits per heavy atom. The Labute approximate surface area is 209 Å². The minimum atomic E-state index is 0.169. The lowest BCUT2D eigenvalue weighted by molar-refractivity contribution is -0.131. The summed E-state index contributed by atoms with van der Waals surface area (Å²) in [6.45, 7) is 10.1. The number of rotatable bonds is 7. The average Bonchev–Trinajstić information content (AvgIpc) is 3.57. The third kappa shape index (κ3) is 4.77. The first kappa shape index (κ1) is 23.5. The molecular weight excluding hydrogens is 466 g/mol. The third-order valence-electron chi connectivity index (χ3n) is 6.87. The van der Waals surface area contributed by atoms with Crippen LogP contribution in [0.25, 0.3) is 0 Å². The molecule has 2 aliphatic heterocycles. The molecule has 34 heavy (non-hydrogen) atoms. The second-order valence-corrected chi connectivity index (χ2v) is 11.6. The molecular formula is C25H33N5O2S2. The van der Waals surface area contributed by atoms with E-state index in [1.807, 2.05) is 23.5 Å². The van der Waals surface area contributed by atoms with Gasteiger partial charge in [0.25, 0.3) is 0 Å². The van der Waals surface area contributed by atoms with Gasteiger partial charge in [0.05, 0.1) is 24.6 Å². The van der Waals surface area contributed by atoms with Gasteiger partial charge in [0, 0.05) is 24.5 Å². The molecule has 2 aliphatic rings. The number of carbonyl (C=O) groups is 1. The molecule has 9 heteroatoms. The van der Waals surface area contributed by atoms with E-state index < -0.39 is 0 Å². The predicted octanol–water partition coefficient (Wildman–Crippen LogP) is 5.09. The van der Waals surface area contributed by atoms with Crippen molar-refractivity contribution in [3.63, 3.8) is 0 Å². The molecule has 3 unspecified atom stereocenters. The summed E-state index contributed by atoms with van der Waals surface area (Å²) >= 11 is 3.30. The van der Waals surface area contributed by atoms with Crippen LogP contribution in [0.5, 0.6) is 0 Å². The van der Waals surface area contributed by atoms with E-state index in [0.717, 1.165) is 49.3 Å². The van der Waals surface area contributed by atoms with Crippen LogP contribution in [0.15, 0.2) is 39.4 Å². The van der Waals surface area contributed by atoms with Gasteiger partial charge >= 0.3 is 0 Å². The maximum atomic E-state index is 13.3. The summed E-state index contributed by atoms with van der Waals surface area (Å²) in [6, 6.07) is 6.24. The zero-order valence-electron chi connectivity index (χ0n) is 20.1. The number of aromatic nitrogens is 3. The Bertz CT molecular complexity index is 1100. The molecule has 0 saturated carbocycles. The normalized spacial score (nSPS) is 22.7. The van der Waals surface area contributed by atoms with E-state index in [4.69, 9.17) is 4.42 Å². The first-order valence-corrected chi connectivity index (χ1v) is 14.1. The number of fused-ring (bicyclic) bond motifs is 1. The number of anilines is 1. The van der Waals surface area contributed by atoms with Gasteiger partial charge in [0.1, 0.15) is 5.76 Å². The molecule has 1 fully saturated rings. The minimum absolute atomic E-state index is 0.169. The quantitative estimate of drug-likeness (QED) is 0.422. The van der Waals surface area contributed by atoms with Gasteiger partial charge in [-0.05, 0) is 60.2 Å². The number of furan rings is 1. The van der Waals surface area contributed by atoms with Crippen molar-refractivity contribution in [1.29, 1.82) is 0 Å². The summed E-state index contributed by atoms with van der Waals surface area (Å²) in [6.07, 6.45) is 4.81. The van der Waals surface area contributed by atoms with Gasteiger partial charge in [-0.2, -0.15) is 0 Å². The van der Waals surface area contributed by atoms with Crippen LogP contribution in [0.4, 0.5) is 5.95 Å². The molecule has 5 rings (SSSR count). The van der Waals surface area contributed by atoms with Crippen LogP contribution in [0.1, 0.15) is 55.9 Å². The van der Waals surface area contributed by atoms with Crippen molar-refractivity contribution < 1.29 is 9.21 Å². The molecule has 0 spiro atoms. The molecule has 0 N–H and O–H groups in total. The lowest BCUT2D eigenvalue weighted by Gasteiger charge is -2.35. The molecule has 182 valence electrons. The van der Waals surface area contributed by atoms with Crippen LogP contribution in [-0.2, 0) is 17.8 Å². The van der Waals surface area contributed by atoms with Crippen molar-refractivity contribution in [1.82, 2.24) is 19.7 Å². The highest BCUT2D eigenvalue weighted by molar-refractivity contribution is 7.99. The number of hydrogen-bond acceptors (Lipinski definition) is 7. The summed E-state index contributed by atoms with van der Waals surface area (Å²) in [5.74, 6) is 3.49. The van der Waals surface area contributed by atoms with Crippen molar-refractivity contribution in [3.05, 3.63) is 46.0 Å². The molecule has 0 bridgehead atoms. The number of piperidine rings is 1. The number of amides is 1. The van der Waals surface area contributed by atoms with Crippen molar-refractivity contribution >= 4 is 35.0 Å². The summed E-state index contributed by atoms with van der Waals surface area (Å²) in [5, 5.41) is 12.0. The Hall–Kier alpha value is -2.26. The van der Waals surface area contributed by atoms with E-state index in [9.17, 15) is 4.79 Å². The third-order valence-corrected chi connectivity index (χ3v) is 8.82. The number of thiophene rings is 1. The van der Waals surface area contributed by atoms with E-state index in [2.05, 4.69) is 56.8 Å². The monoisotopic (exact) mass is 499 g/mol. The van der Waals surface area contributed by atoms with Gasteiger partial charge in [-0.3, -0.25) is 9.36 Å². The molecule has 3 atom stereocenters. The zero-order chi connectivity index (χ0) is 23.7. The number of hydrogen-bond donors (Lipinski definition) is 0. The molecule has 0 aromatic carbocycles. The lowest BCUT2D eigenvalue weighted by atomic mass is 9.92. The molecule has 3 aromatic heterocycles. The zero-order valence-corrected chi connectivity index (χ0v) is 21.8. The van der Waals surface area contributed by atoms with E-state index in [1.54, 1.807) is 6.26 Å². The highest BCUT2D eigenvalue weighted by Gasteiger charge is 2.31. The minimum Gasteiger partial charge on any atom is -0.467 e. The van der Waals surface area contributed by atoms with Crippen LogP contribution in [0.2, 0.25) is 0 Å². The van der Waals surface area contributed by atoms with Crippen LogP contribution in [0, 0.1) is 11.8 Å². The smallest absolute Gasteiger partial charge is 0.233 e. The van der Waals surface area contributed by atoms with Crippen molar-refractivity contribution in [2.75, 3.05) is 30.3 Å². The highest BCUT2D eigenvalue weighted by atomic mass is 32.2. The van der Waals surface area contributed by atoms with E-state index in [0.29, 0.717) is 24.1 Å². The summed E-state index contributed by atoms with van der Waals surface area (Å²) < 4.78 is 7.76. The summed E-state index contributed by atoms with van der Waals surface area (Å²) in [4.78, 5) is 19.1. The van der Waals surface area contributed by atoms with Gasteiger partial charge < -0.3 is 14.2 Å². The highest BCUT2D eigenvalue weighted by Crippen LogP contribution is 2.36. The summed E-state index contributed by atoms with van der Waals surface area (Å²) in [5.41, 5.74) is 1.33. The second-order valence-electron chi connectivity index (χ2n) is 9.65. The Morgan fingerprint density at radius 2 is 2.06 bits per heavy atom. The van der Waals surface area contributed by atoms with Crippen LogP contribution >= 0.6 is 23.1 Å². The standard InChI is InChI=1S/C25H33N5O2S2/c1-4-21-20-8-11-33-22(20)7-9-29(21)23(31)16-34-25-27-26-24(28-13-17(2)12-18(3)14-28)30(25)15-19-6-5-10-32-19/h5-6,8,10-11,17-18,21H,4,7,9,12-16H2,1-3H3. The van der Waals surface area contributed by atoms with Crippen LogP contribution in [0.3, 0.4) is 0 Å². The Balaban J connectivity index is 1.34. The van der Waals surface area contributed by atoms with Gasteiger partial charge in [0.2, 0.25) is 11.9 Å². The van der Waals surface area contributed by atoms with Crippen LogP contribution in [-0.4, -0.2) is 51.0 Å². The molecule has 3 aromatic rings. The first-order chi connectivity index (χ1) is 16.5. The van der Waals surface area contributed by atoms with Gasteiger partial charge in [-0.1, -0.05) is 32.5 Å². The average molecular weight is 500 g/mol. The fourth-order valence-corrected chi connectivity index (χ4v) is 7.24. The molecule has 0 radical (unpaired) electrons. The molecule has 1 amide bonds. The maximum absolute atomic E-state index is 13.3. The first-order valence-electron chi connectivity index (χ1n) is 12.2. The number of thioether (sulfide) groups is 1. The fraction of sp³-hybridized carbons (Fsp3) is 0.560. The Kier molecular flexibility index (Phi) is 7.01. The molecule has 5 heterocycles. The van der Waals surface area contributed by atoms with Gasteiger partial charge in [-0.25, -0.2) is 0 Å². The summed E-state index contributed by atoms with van der Waals surface area (Å²) in [7, 11) is 0. The van der Waals surface area contributed by atoms with Gasteiger partial charge in [0.15, 0.2) is 5.16 Å². The SMILES string of the molecule is CCC1c2ccsc2CCN1C(=O)CSc1nnc(N2CC(C)CC(C)C2)n1Cc1ccco1. The molecule has 0 aliphatic carbocycles. The maximum Gasteiger partial charge on any atom is 0.233 e. The van der Waals surface area contributed by atoms with Crippen molar-refractivity contribution in [2.45, 2.75) is 57.8 Å². The second kappa shape index (κ2) is 10.2.